The van der Waals surface area contributed by atoms with Crippen molar-refractivity contribution in [1.82, 2.24) is 4.98 Å². The number of hydrogen-bond donors (Lipinski definition) is 0. The minimum absolute atomic E-state index is 0.745. The summed E-state index contributed by atoms with van der Waals surface area (Å²) in [5.41, 5.74) is 23.8. The van der Waals surface area contributed by atoms with Gasteiger partial charge in [0.1, 0.15) is 4.83 Å². The minimum atomic E-state index is -0.889. The molecule has 0 radical (unpaired) electrons. The molecule has 2 nitrogen and oxygen atoms in total. The summed E-state index contributed by atoms with van der Waals surface area (Å²) < 4.78 is 13.2. The fraction of sp³-hybridized carbons (Fsp3) is 0.133. The Morgan fingerprint density at radius 1 is 0.882 bits per heavy atom. The third kappa shape index (κ3) is 10.5. The molecule has 1 atom stereocenters. The third-order valence-corrected chi connectivity index (χ3v) is 6.70. The van der Waals surface area contributed by atoms with Crippen molar-refractivity contribution in [2.24, 2.45) is 0 Å². The van der Waals surface area contributed by atoms with Gasteiger partial charge >= 0.3 is 0 Å². The first-order valence-electron chi connectivity index (χ1n) is 10.3. The first-order chi connectivity index (χ1) is 16.6. The molecule has 0 aliphatic carbocycles. The highest BCUT2D eigenvalue weighted by Gasteiger charge is 2.10. The summed E-state index contributed by atoms with van der Waals surface area (Å²) in [7, 11) is -0.889. The zero-order valence-corrected chi connectivity index (χ0v) is 20.9. The normalized spacial score (nSPS) is 9.09. The summed E-state index contributed by atoms with van der Waals surface area (Å²) in [6.07, 6.45) is 2.08. The molecule has 0 amide bonds. The van der Waals surface area contributed by atoms with Crippen LogP contribution in [0, 0.1) is 0 Å². The Balaban J connectivity index is 0.000000375. The van der Waals surface area contributed by atoms with Crippen LogP contribution in [0.4, 0.5) is 0 Å². The van der Waals surface area contributed by atoms with E-state index in [4.69, 9.17) is 4.98 Å². The number of nitrogens with zero attached hydrogens (tertiary/aromatic N) is 1. The van der Waals surface area contributed by atoms with Crippen molar-refractivity contribution in [1.29, 1.82) is 0 Å². The molecule has 0 saturated carbocycles. The number of aromatic nitrogens is 1. The van der Waals surface area contributed by atoms with E-state index in [2.05, 4.69) is 103 Å². The first-order valence-corrected chi connectivity index (χ1v) is 12.4. The van der Waals surface area contributed by atoms with Gasteiger partial charge in [0.25, 0.3) is 0 Å². The van der Waals surface area contributed by atoms with Crippen LogP contribution >= 0.6 is 11.3 Å². The molecule has 2 heterocycles. The van der Waals surface area contributed by atoms with Gasteiger partial charge in [-0.25, -0.2) is 4.98 Å². The molecule has 168 valence electrons. The second-order valence-electron chi connectivity index (χ2n) is 6.28. The summed E-state index contributed by atoms with van der Waals surface area (Å²) in [6, 6.07) is 16.3. The summed E-state index contributed by atoms with van der Waals surface area (Å²) in [5.74, 6) is 0.745. The van der Waals surface area contributed by atoms with E-state index in [1.807, 2.05) is 30.3 Å². The van der Waals surface area contributed by atoms with Crippen LogP contribution in [0.3, 0.4) is 0 Å². The lowest BCUT2D eigenvalue weighted by atomic mass is 10.1. The van der Waals surface area contributed by atoms with E-state index in [9.17, 15) is 4.21 Å². The fourth-order valence-electron chi connectivity index (χ4n) is 2.37. The molecule has 2 aromatic heterocycles. The Kier molecular flexibility index (Phi) is 14.4. The summed E-state index contributed by atoms with van der Waals surface area (Å²) >= 11 is 1.55. The van der Waals surface area contributed by atoms with E-state index < -0.39 is 10.8 Å². The highest BCUT2D eigenvalue weighted by molar-refractivity contribution is 7.87. The van der Waals surface area contributed by atoms with Crippen LogP contribution in [0.2, 0.25) is 0 Å². The van der Waals surface area contributed by atoms with E-state index in [0.29, 0.717) is 0 Å². The smallest absolute Gasteiger partial charge is 0.125 e. The lowest BCUT2D eigenvalue weighted by Crippen LogP contribution is -1.94. The SMILES string of the molecule is C=C=C.C=C=C=C=C=C=C=C=C=C.CCCCS(=O)c1cc2ccc(-c3ccccc3)nc2s1. The number of thiophene rings is 1. The largest absolute Gasteiger partial charge is 0.254 e. The zero-order valence-electron chi connectivity index (χ0n) is 19.2. The molecule has 0 N–H and O–H groups in total. The summed E-state index contributed by atoms with van der Waals surface area (Å²) in [4.78, 5) is 5.68. The lowest BCUT2D eigenvalue weighted by molar-refractivity contribution is 0.681. The Morgan fingerprint density at radius 3 is 2.03 bits per heavy atom. The van der Waals surface area contributed by atoms with Gasteiger partial charge in [-0.1, -0.05) is 68.3 Å². The van der Waals surface area contributed by atoms with Gasteiger partial charge in [-0.3, -0.25) is 4.21 Å². The topological polar surface area (TPSA) is 30.0 Å². The van der Waals surface area contributed by atoms with Crippen LogP contribution in [0.1, 0.15) is 19.8 Å². The average molecular weight is 480 g/mol. The van der Waals surface area contributed by atoms with Crippen LogP contribution in [0.5, 0.6) is 0 Å². The predicted molar refractivity (Wildman–Crippen MR) is 145 cm³/mol. The number of benzene rings is 1. The number of unbranched alkanes of at least 4 members (excludes halogenated alkanes) is 1. The molecule has 0 saturated heterocycles. The van der Waals surface area contributed by atoms with Gasteiger partial charge < -0.3 is 0 Å². The fourth-order valence-corrected chi connectivity index (χ4v) is 5.00. The highest BCUT2D eigenvalue weighted by Crippen LogP contribution is 2.29. The maximum atomic E-state index is 12.2. The van der Waals surface area contributed by atoms with Crippen LogP contribution in [-0.4, -0.2) is 14.9 Å². The van der Waals surface area contributed by atoms with E-state index >= 15 is 0 Å². The number of hydrogen-bond acceptors (Lipinski definition) is 3. The number of pyridine rings is 1. The van der Waals surface area contributed by atoms with Crippen molar-refractivity contribution in [2.75, 3.05) is 5.75 Å². The Labute approximate surface area is 208 Å². The van der Waals surface area contributed by atoms with Crippen LogP contribution in [0.25, 0.3) is 21.5 Å². The molecule has 0 bridgehead atoms. The predicted octanol–water partition coefficient (Wildman–Crippen LogP) is 7.87. The molecule has 3 aromatic rings. The zero-order chi connectivity index (χ0) is 25.0. The molecule has 34 heavy (non-hydrogen) atoms. The van der Waals surface area contributed by atoms with Crippen LogP contribution in [-0.2, 0) is 10.8 Å². The second kappa shape index (κ2) is 17.5. The maximum absolute atomic E-state index is 12.2. The second-order valence-corrected chi connectivity index (χ2v) is 9.11. The van der Waals surface area contributed by atoms with Gasteiger partial charge in [-0.2, -0.15) is 0 Å². The lowest BCUT2D eigenvalue weighted by Gasteiger charge is -1.99. The number of rotatable bonds is 5. The van der Waals surface area contributed by atoms with Gasteiger partial charge in [-0.15, -0.1) is 17.1 Å². The molecule has 3 rings (SSSR count). The van der Waals surface area contributed by atoms with Crippen molar-refractivity contribution in [3.63, 3.8) is 0 Å². The third-order valence-electron chi connectivity index (χ3n) is 3.83. The molecular weight excluding hydrogens is 454 g/mol. The van der Waals surface area contributed by atoms with Gasteiger partial charge in [0.2, 0.25) is 0 Å². The van der Waals surface area contributed by atoms with Crippen LogP contribution in [0.15, 0.2) is 131 Å². The minimum Gasteiger partial charge on any atom is -0.254 e. The number of fused-ring (bicyclic) bond motifs is 1. The molecular formula is C30H25NOS2. The quantitative estimate of drug-likeness (QED) is 0.349. The van der Waals surface area contributed by atoms with Gasteiger partial charge in [-0.05, 0) is 72.2 Å². The molecule has 1 unspecified atom stereocenters. The average Bonchev–Trinajstić information content (AvgIpc) is 3.30. The van der Waals surface area contributed by atoms with Crippen molar-refractivity contribution in [3.8, 4) is 11.3 Å². The van der Waals surface area contributed by atoms with Crippen molar-refractivity contribution < 1.29 is 4.21 Å². The van der Waals surface area contributed by atoms with Gasteiger partial charge in [0.05, 0.1) is 20.7 Å². The Morgan fingerprint density at radius 2 is 1.47 bits per heavy atom. The van der Waals surface area contributed by atoms with Gasteiger partial charge in [0, 0.05) is 16.7 Å². The van der Waals surface area contributed by atoms with Crippen molar-refractivity contribution in [2.45, 2.75) is 24.0 Å². The van der Waals surface area contributed by atoms with Crippen LogP contribution < -0.4 is 0 Å². The Bertz CT molecular complexity index is 1400. The van der Waals surface area contributed by atoms with E-state index in [1.54, 1.807) is 11.3 Å². The molecule has 1 aromatic carbocycles. The summed E-state index contributed by atoms with van der Waals surface area (Å²) in [5, 5.41) is 1.08. The van der Waals surface area contributed by atoms with Gasteiger partial charge in [0.15, 0.2) is 0 Å². The monoisotopic (exact) mass is 479 g/mol. The standard InChI is InChI=1S/C17H17NOS2.C10H4.C3H4/c1-2-3-11-21(19)16-12-14-9-10-15(18-17(14)20-16)13-7-5-4-6-8-13;1-3-5-7-9-10-8-6-4-2;1-3-2/h4-10,12H,2-3,11H2,1H3;1-2H2;1-2H2. The molecule has 4 heteroatoms. The van der Waals surface area contributed by atoms with Crippen molar-refractivity contribution >= 4 is 32.4 Å². The van der Waals surface area contributed by atoms with E-state index in [1.165, 1.54) is 0 Å². The van der Waals surface area contributed by atoms with E-state index in [0.717, 1.165) is 44.3 Å². The first kappa shape index (κ1) is 28.0. The highest BCUT2D eigenvalue weighted by atomic mass is 32.2. The maximum Gasteiger partial charge on any atom is 0.125 e. The molecule has 0 fully saturated rings. The molecule has 0 spiro atoms. The molecule has 0 aliphatic rings. The van der Waals surface area contributed by atoms with E-state index in [-0.39, 0.29) is 0 Å². The summed E-state index contributed by atoms with van der Waals surface area (Å²) in [6.45, 7) is 14.9. The van der Waals surface area contributed by atoms with Crippen molar-refractivity contribution in [3.05, 3.63) is 126 Å². The Hall–Kier alpha value is -4.02. The molecule has 0 aliphatic heterocycles.